The van der Waals surface area contributed by atoms with E-state index in [4.69, 9.17) is 0 Å². The lowest BCUT2D eigenvalue weighted by atomic mass is 10.1. The van der Waals surface area contributed by atoms with Crippen LogP contribution in [-0.4, -0.2) is 0 Å². The van der Waals surface area contributed by atoms with E-state index in [-0.39, 0.29) is 0 Å². The highest BCUT2D eigenvalue weighted by Crippen LogP contribution is 2.02. The highest BCUT2D eigenvalue weighted by Gasteiger charge is 1.89. The summed E-state index contributed by atoms with van der Waals surface area (Å²) in [6.07, 6.45) is 4.61. The average Bonchev–Trinajstić information content (AvgIpc) is 1.61. The van der Waals surface area contributed by atoms with E-state index < -0.39 is 0 Å². The lowest BCUT2D eigenvalue weighted by molar-refractivity contribution is 0.690. The molecule has 1 unspecified atom stereocenters. The molecule has 1 atom stereocenters. The van der Waals surface area contributed by atoms with Crippen LogP contribution in [0.25, 0.3) is 0 Å². The Morgan fingerprint density at radius 3 is 2.43 bits per heavy atom. The molecule has 0 aromatic heterocycles. The normalized spacial score (nSPS) is 10.3. The number of hydrogen-bond acceptors (Lipinski definition) is 0. The van der Waals surface area contributed by atoms with Crippen molar-refractivity contribution in [3.63, 3.8) is 0 Å². The zero-order valence-electron chi connectivity index (χ0n) is 5.28. The Bertz CT molecular complexity index is 29.0. The largest absolute Gasteiger partial charge is 0.0651 e. The highest BCUT2D eigenvalue weighted by atomic mass is 13.9. The predicted octanol–water partition coefficient (Wildman–Crippen LogP) is 2.46. The number of hydrogen-bond donors (Lipinski definition) is 0. The summed E-state index contributed by atoms with van der Waals surface area (Å²) in [7, 11) is 0. The fourth-order valence-corrected chi connectivity index (χ4v) is 0.451. The SMILES string of the molecule is [CH2]C(C)C[CH]CC. The Morgan fingerprint density at radius 1 is 1.71 bits per heavy atom. The third-order valence-corrected chi connectivity index (χ3v) is 0.858. The summed E-state index contributed by atoms with van der Waals surface area (Å²) in [6, 6.07) is 0. The van der Waals surface area contributed by atoms with Crippen LogP contribution < -0.4 is 0 Å². The van der Waals surface area contributed by atoms with E-state index in [9.17, 15) is 0 Å². The van der Waals surface area contributed by atoms with Crippen molar-refractivity contribution in [2.75, 3.05) is 0 Å². The molecule has 0 nitrogen and oxygen atoms in total. The van der Waals surface area contributed by atoms with Crippen LogP contribution >= 0.6 is 0 Å². The quantitative estimate of drug-likeness (QED) is 0.508. The van der Waals surface area contributed by atoms with Crippen molar-refractivity contribution in [1.82, 2.24) is 0 Å². The van der Waals surface area contributed by atoms with Gasteiger partial charge in [-0.1, -0.05) is 27.2 Å². The standard InChI is InChI=1S/C7H14/c1-4-5-6-7(2)3/h5,7H,2,4,6H2,1,3H3. The molecule has 0 saturated heterocycles. The van der Waals surface area contributed by atoms with Crippen molar-refractivity contribution < 1.29 is 0 Å². The Balaban J connectivity index is 2.68. The molecule has 0 spiro atoms. The molecule has 42 valence electrons. The summed E-state index contributed by atoms with van der Waals surface area (Å²) in [5, 5.41) is 0. The second kappa shape index (κ2) is 4.17. The van der Waals surface area contributed by atoms with Gasteiger partial charge in [0.2, 0.25) is 0 Å². The first-order valence-corrected chi connectivity index (χ1v) is 2.92. The van der Waals surface area contributed by atoms with E-state index in [1.807, 2.05) is 0 Å². The minimum absolute atomic E-state index is 0.597. The van der Waals surface area contributed by atoms with Gasteiger partial charge in [-0.3, -0.25) is 0 Å². The van der Waals surface area contributed by atoms with Crippen LogP contribution in [0.1, 0.15) is 26.7 Å². The lowest BCUT2D eigenvalue weighted by Crippen LogP contribution is -1.85. The Hall–Kier alpha value is 0. The summed E-state index contributed by atoms with van der Waals surface area (Å²) in [4.78, 5) is 0. The zero-order chi connectivity index (χ0) is 5.70. The molecule has 0 amide bonds. The van der Waals surface area contributed by atoms with E-state index in [1.54, 1.807) is 0 Å². The molecule has 0 fully saturated rings. The molecule has 0 saturated carbocycles. The van der Waals surface area contributed by atoms with Gasteiger partial charge in [-0.2, -0.15) is 0 Å². The van der Waals surface area contributed by atoms with E-state index >= 15 is 0 Å². The molecule has 0 aromatic carbocycles. The molecule has 0 heteroatoms. The minimum atomic E-state index is 0.597. The molecule has 2 radical (unpaired) electrons. The lowest BCUT2D eigenvalue weighted by Gasteiger charge is -1.98. The van der Waals surface area contributed by atoms with Crippen molar-refractivity contribution in [3.05, 3.63) is 13.3 Å². The maximum Gasteiger partial charge on any atom is -0.0386 e. The van der Waals surface area contributed by atoms with Crippen LogP contribution in [0, 0.1) is 19.3 Å². The van der Waals surface area contributed by atoms with Gasteiger partial charge in [-0.15, -0.1) is 0 Å². The van der Waals surface area contributed by atoms with Crippen molar-refractivity contribution >= 4 is 0 Å². The van der Waals surface area contributed by atoms with Crippen molar-refractivity contribution in [3.8, 4) is 0 Å². The molecule has 0 aromatic rings. The molecular weight excluding hydrogens is 84.1 g/mol. The summed E-state index contributed by atoms with van der Waals surface area (Å²) < 4.78 is 0. The summed E-state index contributed by atoms with van der Waals surface area (Å²) >= 11 is 0. The van der Waals surface area contributed by atoms with Gasteiger partial charge < -0.3 is 0 Å². The first kappa shape index (κ1) is 7.00. The van der Waals surface area contributed by atoms with Crippen LogP contribution in [0.4, 0.5) is 0 Å². The van der Waals surface area contributed by atoms with Crippen molar-refractivity contribution in [2.24, 2.45) is 5.92 Å². The third kappa shape index (κ3) is 6.00. The smallest absolute Gasteiger partial charge is 0.0386 e. The van der Waals surface area contributed by atoms with Gasteiger partial charge in [-0.05, 0) is 18.8 Å². The average molecular weight is 98.2 g/mol. The molecule has 0 heterocycles. The van der Waals surface area contributed by atoms with Gasteiger partial charge in [0.05, 0.1) is 0 Å². The van der Waals surface area contributed by atoms with E-state index in [0.29, 0.717) is 5.92 Å². The zero-order valence-corrected chi connectivity index (χ0v) is 5.28. The van der Waals surface area contributed by atoms with Gasteiger partial charge in [0.1, 0.15) is 0 Å². The minimum Gasteiger partial charge on any atom is -0.0651 e. The molecule has 0 rings (SSSR count). The van der Waals surface area contributed by atoms with Crippen LogP contribution in [-0.2, 0) is 0 Å². The maximum absolute atomic E-state index is 3.84. The molecule has 0 bridgehead atoms. The molecular formula is C7H14. The molecule has 0 N–H and O–H groups in total. The molecule has 0 aliphatic rings. The van der Waals surface area contributed by atoms with Gasteiger partial charge in [0, 0.05) is 0 Å². The number of rotatable bonds is 3. The van der Waals surface area contributed by atoms with Crippen LogP contribution in [0.2, 0.25) is 0 Å². The molecule has 0 aliphatic carbocycles. The van der Waals surface area contributed by atoms with E-state index in [2.05, 4.69) is 27.2 Å². The third-order valence-electron chi connectivity index (χ3n) is 0.858. The summed E-state index contributed by atoms with van der Waals surface area (Å²) in [6.45, 7) is 8.13. The Morgan fingerprint density at radius 2 is 2.29 bits per heavy atom. The fourth-order valence-electron chi connectivity index (χ4n) is 0.451. The van der Waals surface area contributed by atoms with Crippen molar-refractivity contribution in [2.45, 2.75) is 26.7 Å². The summed E-state index contributed by atoms with van der Waals surface area (Å²) in [5.74, 6) is 0.597. The molecule has 7 heavy (non-hydrogen) atoms. The van der Waals surface area contributed by atoms with Crippen molar-refractivity contribution in [1.29, 1.82) is 0 Å². The van der Waals surface area contributed by atoms with Gasteiger partial charge in [0.25, 0.3) is 0 Å². The van der Waals surface area contributed by atoms with Gasteiger partial charge >= 0.3 is 0 Å². The van der Waals surface area contributed by atoms with Crippen LogP contribution in [0.5, 0.6) is 0 Å². The van der Waals surface area contributed by atoms with E-state index in [1.165, 1.54) is 6.42 Å². The fraction of sp³-hybridized carbons (Fsp3) is 0.714. The van der Waals surface area contributed by atoms with E-state index in [0.717, 1.165) is 6.42 Å². The second-order valence-electron chi connectivity index (χ2n) is 2.04. The Labute approximate surface area is 46.9 Å². The summed E-state index contributed by atoms with van der Waals surface area (Å²) in [5.41, 5.74) is 0. The van der Waals surface area contributed by atoms with Gasteiger partial charge in [-0.25, -0.2) is 0 Å². The van der Waals surface area contributed by atoms with Gasteiger partial charge in [0.15, 0.2) is 0 Å². The monoisotopic (exact) mass is 98.1 g/mol. The topological polar surface area (TPSA) is 0 Å². The first-order chi connectivity index (χ1) is 3.27. The first-order valence-electron chi connectivity index (χ1n) is 2.92. The van der Waals surface area contributed by atoms with Crippen LogP contribution in [0.3, 0.4) is 0 Å². The maximum atomic E-state index is 3.84. The second-order valence-corrected chi connectivity index (χ2v) is 2.04. The van der Waals surface area contributed by atoms with Crippen LogP contribution in [0.15, 0.2) is 0 Å². The Kier molecular flexibility index (Phi) is 4.17. The predicted molar refractivity (Wildman–Crippen MR) is 33.7 cm³/mol. The number of unbranched alkanes of at least 4 members (excludes halogenated alkanes) is 1. The highest BCUT2D eigenvalue weighted by molar-refractivity contribution is 4.66. The molecule has 0 aliphatic heterocycles.